The highest BCUT2D eigenvalue weighted by Gasteiger charge is 2.34. The van der Waals surface area contributed by atoms with Gasteiger partial charge in [-0.1, -0.05) is 25.1 Å². The van der Waals surface area contributed by atoms with Crippen molar-refractivity contribution in [2.45, 2.75) is 20.3 Å². The molecule has 0 aliphatic carbocycles. The Bertz CT molecular complexity index is 924. The number of ether oxygens (including phenoxy) is 2. The van der Waals surface area contributed by atoms with Crippen LogP contribution in [0, 0.1) is 6.92 Å². The second-order valence-corrected chi connectivity index (χ2v) is 6.50. The van der Waals surface area contributed by atoms with Gasteiger partial charge < -0.3 is 14.6 Å². The highest BCUT2D eigenvalue weighted by atomic mass is 16.5. The Labute approximate surface area is 169 Å². The highest BCUT2D eigenvalue weighted by molar-refractivity contribution is 6.31. The molecule has 0 spiro atoms. The lowest BCUT2D eigenvalue weighted by Gasteiger charge is -2.16. The van der Waals surface area contributed by atoms with E-state index in [1.807, 2.05) is 19.9 Å². The van der Waals surface area contributed by atoms with Gasteiger partial charge in [0.1, 0.15) is 23.7 Å². The number of rotatable bonds is 8. The molecule has 0 atom stereocenters. The van der Waals surface area contributed by atoms with E-state index in [4.69, 9.17) is 14.6 Å². The molecule has 2 amide bonds. The maximum atomic E-state index is 12.8. The van der Waals surface area contributed by atoms with Crippen LogP contribution < -0.4 is 19.9 Å². The number of hydrazine groups is 1. The first-order valence-corrected chi connectivity index (χ1v) is 9.49. The number of nitrogens with zero attached hydrogens (tertiary/aromatic N) is 1. The van der Waals surface area contributed by atoms with E-state index in [9.17, 15) is 9.59 Å². The smallest absolute Gasteiger partial charge is 0.282 e. The van der Waals surface area contributed by atoms with Crippen LogP contribution in [-0.4, -0.2) is 36.7 Å². The van der Waals surface area contributed by atoms with Gasteiger partial charge in [0.25, 0.3) is 11.8 Å². The minimum Gasteiger partial charge on any atom is -0.493 e. The van der Waals surface area contributed by atoms with E-state index in [0.29, 0.717) is 29.4 Å². The van der Waals surface area contributed by atoms with Gasteiger partial charge in [0.15, 0.2) is 0 Å². The lowest BCUT2D eigenvalue weighted by atomic mass is 10.0. The van der Waals surface area contributed by atoms with Crippen molar-refractivity contribution in [1.82, 2.24) is 5.43 Å². The number of carbonyl (C=O) groups is 2. The molecule has 0 unspecified atom stereocenters. The van der Waals surface area contributed by atoms with E-state index in [1.54, 1.807) is 36.4 Å². The minimum atomic E-state index is -0.490. The normalized spacial score (nSPS) is 15.0. The standard InChI is InChI=1S/C22H24N2O5/c1-3-12-28-19-10-9-16(20(15(19)2)29-13-11-25)14-18-21(26)23-24(22(18)27)17-7-5-4-6-8-17/h4-10,14,25H,3,11-13H2,1-2H3,(H,23,26). The van der Waals surface area contributed by atoms with Crippen LogP contribution in [0.3, 0.4) is 0 Å². The van der Waals surface area contributed by atoms with Crippen molar-refractivity contribution < 1.29 is 24.2 Å². The fraction of sp³-hybridized carbons (Fsp3) is 0.273. The number of amides is 2. The zero-order valence-electron chi connectivity index (χ0n) is 16.5. The summed E-state index contributed by atoms with van der Waals surface area (Å²) in [5, 5.41) is 10.4. The number of benzene rings is 2. The van der Waals surface area contributed by atoms with Gasteiger partial charge in [-0.15, -0.1) is 0 Å². The summed E-state index contributed by atoms with van der Waals surface area (Å²) in [6.07, 6.45) is 2.37. The zero-order chi connectivity index (χ0) is 20.8. The molecule has 0 radical (unpaired) electrons. The van der Waals surface area contributed by atoms with Crippen LogP contribution in [0.1, 0.15) is 24.5 Å². The second-order valence-electron chi connectivity index (χ2n) is 6.50. The molecule has 1 aliphatic rings. The van der Waals surface area contributed by atoms with Crippen LogP contribution in [0.2, 0.25) is 0 Å². The molecule has 152 valence electrons. The van der Waals surface area contributed by atoms with Crippen molar-refractivity contribution in [1.29, 1.82) is 0 Å². The topological polar surface area (TPSA) is 88.1 Å². The Hall–Kier alpha value is -3.32. The maximum Gasteiger partial charge on any atom is 0.282 e. The number of aliphatic hydroxyl groups excluding tert-OH is 1. The van der Waals surface area contributed by atoms with Crippen LogP contribution in [0.25, 0.3) is 6.08 Å². The van der Waals surface area contributed by atoms with E-state index in [1.165, 1.54) is 11.1 Å². The monoisotopic (exact) mass is 396 g/mol. The summed E-state index contributed by atoms with van der Waals surface area (Å²) in [6, 6.07) is 12.4. The Kier molecular flexibility index (Phi) is 6.51. The Morgan fingerprint density at radius 3 is 2.52 bits per heavy atom. The summed E-state index contributed by atoms with van der Waals surface area (Å²) in [4.78, 5) is 25.3. The lowest BCUT2D eigenvalue weighted by molar-refractivity contribution is -0.117. The first-order valence-electron chi connectivity index (χ1n) is 9.49. The summed E-state index contributed by atoms with van der Waals surface area (Å²) in [5.74, 6) is 0.197. The largest absolute Gasteiger partial charge is 0.493 e. The van der Waals surface area contributed by atoms with Gasteiger partial charge >= 0.3 is 0 Å². The fourth-order valence-electron chi connectivity index (χ4n) is 2.99. The molecule has 0 saturated carbocycles. The molecule has 29 heavy (non-hydrogen) atoms. The Morgan fingerprint density at radius 2 is 1.83 bits per heavy atom. The lowest BCUT2D eigenvalue weighted by Crippen LogP contribution is -2.35. The molecule has 0 bridgehead atoms. The third-order valence-corrected chi connectivity index (χ3v) is 4.39. The Balaban J connectivity index is 1.96. The van der Waals surface area contributed by atoms with E-state index >= 15 is 0 Å². The minimum absolute atomic E-state index is 0.00401. The van der Waals surface area contributed by atoms with Gasteiger partial charge in [-0.3, -0.25) is 15.0 Å². The predicted molar refractivity (Wildman–Crippen MR) is 110 cm³/mol. The molecule has 1 saturated heterocycles. The fourth-order valence-corrected chi connectivity index (χ4v) is 2.99. The van der Waals surface area contributed by atoms with E-state index in [-0.39, 0.29) is 18.8 Å². The third kappa shape index (κ3) is 4.41. The average molecular weight is 396 g/mol. The van der Waals surface area contributed by atoms with Crippen molar-refractivity contribution in [3.63, 3.8) is 0 Å². The predicted octanol–water partition coefficient (Wildman–Crippen LogP) is 2.62. The van der Waals surface area contributed by atoms with E-state index < -0.39 is 11.8 Å². The molecule has 7 heteroatoms. The summed E-state index contributed by atoms with van der Waals surface area (Å²) in [6.45, 7) is 4.35. The van der Waals surface area contributed by atoms with Crippen LogP contribution in [0.15, 0.2) is 48.0 Å². The molecule has 1 heterocycles. The third-order valence-electron chi connectivity index (χ3n) is 4.39. The van der Waals surface area contributed by atoms with Crippen molar-refractivity contribution in [2.24, 2.45) is 0 Å². The molecule has 7 nitrogen and oxygen atoms in total. The number of para-hydroxylation sites is 1. The Morgan fingerprint density at radius 1 is 1.07 bits per heavy atom. The number of hydrogen-bond acceptors (Lipinski definition) is 5. The van der Waals surface area contributed by atoms with Crippen molar-refractivity contribution in [3.05, 3.63) is 59.2 Å². The molecular formula is C22H24N2O5. The molecule has 2 N–H and O–H groups in total. The van der Waals surface area contributed by atoms with E-state index in [0.717, 1.165) is 12.0 Å². The average Bonchev–Trinajstić information content (AvgIpc) is 3.01. The van der Waals surface area contributed by atoms with Crippen molar-refractivity contribution >= 4 is 23.6 Å². The van der Waals surface area contributed by atoms with Crippen LogP contribution in [0.5, 0.6) is 11.5 Å². The summed E-state index contributed by atoms with van der Waals surface area (Å²) in [7, 11) is 0. The van der Waals surface area contributed by atoms with Gasteiger partial charge in [0.2, 0.25) is 0 Å². The zero-order valence-corrected chi connectivity index (χ0v) is 16.5. The van der Waals surface area contributed by atoms with Gasteiger partial charge in [-0.05, 0) is 43.7 Å². The molecule has 1 aliphatic heterocycles. The first-order chi connectivity index (χ1) is 14.1. The summed E-state index contributed by atoms with van der Waals surface area (Å²) in [5.41, 5.74) is 4.46. The SMILES string of the molecule is CCCOc1ccc(C=C2C(=O)NN(c3ccccc3)C2=O)c(OCCO)c1C. The number of anilines is 1. The van der Waals surface area contributed by atoms with Gasteiger partial charge in [0.05, 0.1) is 18.9 Å². The summed E-state index contributed by atoms with van der Waals surface area (Å²) < 4.78 is 11.4. The van der Waals surface area contributed by atoms with Crippen molar-refractivity contribution in [2.75, 3.05) is 24.8 Å². The molecule has 2 aromatic carbocycles. The maximum absolute atomic E-state index is 12.8. The molecule has 1 fully saturated rings. The first kappa shape index (κ1) is 20.4. The highest BCUT2D eigenvalue weighted by Crippen LogP contribution is 2.34. The van der Waals surface area contributed by atoms with Crippen LogP contribution >= 0.6 is 0 Å². The number of carbonyl (C=O) groups excluding carboxylic acids is 2. The number of aliphatic hydroxyl groups is 1. The van der Waals surface area contributed by atoms with Crippen LogP contribution in [-0.2, 0) is 9.59 Å². The second kappa shape index (κ2) is 9.25. The molecule has 3 rings (SSSR count). The quantitative estimate of drug-likeness (QED) is 0.529. The number of nitrogens with one attached hydrogen (secondary N) is 1. The molecule has 2 aromatic rings. The number of hydrogen-bond donors (Lipinski definition) is 2. The van der Waals surface area contributed by atoms with Gasteiger partial charge in [-0.25, -0.2) is 5.01 Å². The summed E-state index contributed by atoms with van der Waals surface area (Å²) >= 11 is 0. The molecular weight excluding hydrogens is 372 g/mol. The van der Waals surface area contributed by atoms with Gasteiger partial charge in [0, 0.05) is 11.1 Å². The van der Waals surface area contributed by atoms with Crippen molar-refractivity contribution in [3.8, 4) is 11.5 Å². The molecule has 0 aromatic heterocycles. The van der Waals surface area contributed by atoms with Gasteiger partial charge in [-0.2, -0.15) is 0 Å². The van der Waals surface area contributed by atoms with Crippen LogP contribution in [0.4, 0.5) is 5.69 Å². The van der Waals surface area contributed by atoms with E-state index in [2.05, 4.69) is 5.43 Å².